The molecular weight excluding hydrogens is 92.1 g/mol. The van der Waals surface area contributed by atoms with E-state index >= 15 is 0 Å². The van der Waals surface area contributed by atoms with Gasteiger partial charge in [0.2, 0.25) is 0 Å². The maximum atomic E-state index is 8.47. The standard InChI is InChI=1S/C4H8N2O/c1-4(7)2-6-3-5/h4,6-7H,2H2,1H3/t4-/m0/s1. The lowest BCUT2D eigenvalue weighted by atomic mass is 10.4. The van der Waals surface area contributed by atoms with Crippen LogP contribution in [0.5, 0.6) is 0 Å². The number of aliphatic hydroxyl groups is 1. The molecule has 0 unspecified atom stereocenters. The van der Waals surface area contributed by atoms with Crippen LogP contribution in [0.4, 0.5) is 0 Å². The van der Waals surface area contributed by atoms with Crippen molar-refractivity contribution in [2.75, 3.05) is 6.54 Å². The van der Waals surface area contributed by atoms with Gasteiger partial charge in [0.05, 0.1) is 12.6 Å². The van der Waals surface area contributed by atoms with E-state index in [4.69, 9.17) is 10.4 Å². The Labute approximate surface area is 42.6 Å². The van der Waals surface area contributed by atoms with Crippen LogP contribution in [0.1, 0.15) is 6.92 Å². The molecule has 0 fully saturated rings. The van der Waals surface area contributed by atoms with Crippen molar-refractivity contribution in [3.05, 3.63) is 0 Å². The summed E-state index contributed by atoms with van der Waals surface area (Å²) in [6.45, 7) is 1.96. The first-order valence-corrected chi connectivity index (χ1v) is 2.07. The molecule has 0 spiro atoms. The van der Waals surface area contributed by atoms with Gasteiger partial charge in [-0.1, -0.05) is 0 Å². The molecule has 0 saturated heterocycles. The molecule has 0 aromatic rings. The van der Waals surface area contributed by atoms with Gasteiger partial charge in [0.25, 0.3) is 0 Å². The van der Waals surface area contributed by atoms with E-state index in [-0.39, 0.29) is 0 Å². The normalized spacial score (nSPS) is 12.1. The number of hydrogen-bond acceptors (Lipinski definition) is 3. The monoisotopic (exact) mass is 100 g/mol. The van der Waals surface area contributed by atoms with Gasteiger partial charge in [-0.05, 0) is 6.92 Å². The first kappa shape index (κ1) is 6.25. The van der Waals surface area contributed by atoms with Crippen molar-refractivity contribution in [2.45, 2.75) is 13.0 Å². The van der Waals surface area contributed by atoms with Gasteiger partial charge in [0.1, 0.15) is 0 Å². The third-order valence-electron chi connectivity index (χ3n) is 0.477. The molecule has 1 atom stereocenters. The third-order valence-corrected chi connectivity index (χ3v) is 0.477. The van der Waals surface area contributed by atoms with Gasteiger partial charge in [0.15, 0.2) is 6.19 Å². The maximum Gasteiger partial charge on any atom is 0.176 e. The molecule has 0 amide bonds. The topological polar surface area (TPSA) is 56.0 Å². The molecule has 0 bridgehead atoms. The van der Waals surface area contributed by atoms with Crippen molar-refractivity contribution in [1.29, 1.82) is 5.26 Å². The fourth-order valence-corrected chi connectivity index (χ4v) is 0.193. The van der Waals surface area contributed by atoms with Crippen LogP contribution in [0.3, 0.4) is 0 Å². The molecule has 0 saturated carbocycles. The lowest BCUT2D eigenvalue weighted by Gasteiger charge is -1.96. The Morgan fingerprint density at radius 1 is 2.00 bits per heavy atom. The van der Waals surface area contributed by atoms with E-state index in [1.165, 1.54) is 0 Å². The van der Waals surface area contributed by atoms with Crippen LogP contribution >= 0.6 is 0 Å². The fraction of sp³-hybridized carbons (Fsp3) is 0.750. The summed E-state index contributed by atoms with van der Waals surface area (Å²) in [5.41, 5.74) is 0. The zero-order valence-corrected chi connectivity index (χ0v) is 4.18. The van der Waals surface area contributed by atoms with Crippen molar-refractivity contribution in [3.8, 4) is 6.19 Å². The largest absolute Gasteiger partial charge is 0.392 e. The second-order valence-electron chi connectivity index (χ2n) is 1.34. The molecule has 3 heteroatoms. The summed E-state index contributed by atoms with van der Waals surface area (Å²) in [7, 11) is 0. The van der Waals surface area contributed by atoms with Gasteiger partial charge in [-0.3, -0.25) is 0 Å². The lowest BCUT2D eigenvalue weighted by Crippen LogP contribution is -2.19. The zero-order chi connectivity index (χ0) is 5.70. The smallest absolute Gasteiger partial charge is 0.176 e. The summed E-state index contributed by atoms with van der Waals surface area (Å²) < 4.78 is 0. The van der Waals surface area contributed by atoms with Crippen LogP contribution < -0.4 is 5.32 Å². The predicted molar refractivity (Wildman–Crippen MR) is 25.3 cm³/mol. The van der Waals surface area contributed by atoms with Gasteiger partial charge in [-0.25, -0.2) is 0 Å². The molecule has 40 valence electrons. The number of rotatable bonds is 2. The van der Waals surface area contributed by atoms with Gasteiger partial charge in [0, 0.05) is 0 Å². The molecule has 0 radical (unpaired) electrons. The third kappa shape index (κ3) is 5.25. The van der Waals surface area contributed by atoms with Crippen LogP contribution in [0.15, 0.2) is 0 Å². The minimum absolute atomic E-state index is 0.344. The molecule has 7 heavy (non-hydrogen) atoms. The van der Waals surface area contributed by atoms with Crippen LogP contribution in [0, 0.1) is 11.5 Å². The minimum Gasteiger partial charge on any atom is -0.392 e. The van der Waals surface area contributed by atoms with Crippen molar-refractivity contribution >= 4 is 0 Å². The van der Waals surface area contributed by atoms with Crippen LogP contribution in [0.2, 0.25) is 0 Å². The van der Waals surface area contributed by atoms with Crippen molar-refractivity contribution in [1.82, 2.24) is 5.32 Å². The van der Waals surface area contributed by atoms with Crippen LogP contribution in [-0.2, 0) is 0 Å². The Morgan fingerprint density at radius 2 is 2.57 bits per heavy atom. The number of nitrogens with zero attached hydrogens (tertiary/aromatic N) is 1. The Bertz CT molecular complexity index is 74.2. The summed E-state index contributed by atoms with van der Waals surface area (Å²) in [5, 5.41) is 18.6. The molecule has 0 aliphatic rings. The zero-order valence-electron chi connectivity index (χ0n) is 4.18. The Balaban J connectivity index is 2.86. The maximum absolute atomic E-state index is 8.47. The molecule has 0 rings (SSSR count). The first-order chi connectivity index (χ1) is 3.27. The molecule has 0 aliphatic carbocycles. The summed E-state index contributed by atoms with van der Waals surface area (Å²) >= 11 is 0. The fourth-order valence-electron chi connectivity index (χ4n) is 0.193. The number of nitriles is 1. The van der Waals surface area contributed by atoms with E-state index in [1.807, 2.05) is 0 Å². The van der Waals surface area contributed by atoms with Crippen LogP contribution in [-0.4, -0.2) is 17.8 Å². The first-order valence-electron chi connectivity index (χ1n) is 2.07. The molecular formula is C4H8N2O. The van der Waals surface area contributed by atoms with Gasteiger partial charge < -0.3 is 10.4 Å². The molecule has 0 aromatic carbocycles. The molecule has 2 N–H and O–H groups in total. The highest BCUT2D eigenvalue weighted by Gasteiger charge is 1.88. The van der Waals surface area contributed by atoms with Crippen molar-refractivity contribution in [3.63, 3.8) is 0 Å². The average molecular weight is 100 g/mol. The van der Waals surface area contributed by atoms with E-state index < -0.39 is 6.10 Å². The average Bonchev–Trinajstić information content (AvgIpc) is 1.61. The van der Waals surface area contributed by atoms with E-state index in [2.05, 4.69) is 5.32 Å². The number of hydrogen-bond donors (Lipinski definition) is 2. The number of nitrogens with one attached hydrogen (secondary N) is 1. The van der Waals surface area contributed by atoms with E-state index in [1.54, 1.807) is 13.1 Å². The predicted octanol–water partition coefficient (Wildman–Crippen LogP) is -0.562. The second kappa shape index (κ2) is 3.44. The van der Waals surface area contributed by atoms with Gasteiger partial charge >= 0.3 is 0 Å². The van der Waals surface area contributed by atoms with Crippen molar-refractivity contribution < 1.29 is 5.11 Å². The Hall–Kier alpha value is -0.750. The van der Waals surface area contributed by atoms with Crippen molar-refractivity contribution in [2.24, 2.45) is 0 Å². The van der Waals surface area contributed by atoms with Gasteiger partial charge in [-0.2, -0.15) is 5.26 Å². The lowest BCUT2D eigenvalue weighted by molar-refractivity contribution is 0.197. The quantitative estimate of drug-likeness (QED) is 0.361. The van der Waals surface area contributed by atoms with Crippen LogP contribution in [0.25, 0.3) is 0 Å². The summed E-state index contributed by atoms with van der Waals surface area (Å²) in [5.74, 6) is 0. The van der Waals surface area contributed by atoms with E-state index in [0.29, 0.717) is 6.54 Å². The van der Waals surface area contributed by atoms with E-state index in [0.717, 1.165) is 0 Å². The highest BCUT2D eigenvalue weighted by molar-refractivity contribution is 4.65. The highest BCUT2D eigenvalue weighted by atomic mass is 16.3. The molecule has 3 nitrogen and oxygen atoms in total. The number of aliphatic hydroxyl groups excluding tert-OH is 1. The van der Waals surface area contributed by atoms with E-state index in [9.17, 15) is 0 Å². The molecule has 0 aromatic heterocycles. The summed E-state index contributed by atoms with van der Waals surface area (Å²) in [6.07, 6.45) is 1.26. The minimum atomic E-state index is -0.431. The molecule has 0 heterocycles. The summed E-state index contributed by atoms with van der Waals surface area (Å²) in [6, 6.07) is 0. The second-order valence-corrected chi connectivity index (χ2v) is 1.34. The van der Waals surface area contributed by atoms with Gasteiger partial charge in [-0.15, -0.1) is 0 Å². The SMILES string of the molecule is C[C@H](O)CNC#N. The molecule has 0 aliphatic heterocycles. The Kier molecular flexibility index (Phi) is 3.07. The Morgan fingerprint density at radius 3 is 2.71 bits per heavy atom. The highest BCUT2D eigenvalue weighted by Crippen LogP contribution is 1.70. The summed E-state index contributed by atoms with van der Waals surface area (Å²) in [4.78, 5) is 0.